The molecule has 0 saturated carbocycles. The summed E-state index contributed by atoms with van der Waals surface area (Å²) in [5.41, 5.74) is 0. The molecule has 0 spiro atoms. The second-order valence-corrected chi connectivity index (χ2v) is 8.28. The summed E-state index contributed by atoms with van der Waals surface area (Å²) >= 11 is 5.50. The molecule has 7 heteroatoms. The molecule has 0 aromatic heterocycles. The molecule has 0 rings (SSSR count). The molecule has 0 fully saturated rings. The molecule has 0 aromatic carbocycles. The van der Waals surface area contributed by atoms with Crippen LogP contribution >= 0.6 is 11.6 Å². The van der Waals surface area contributed by atoms with Gasteiger partial charge in [0.1, 0.15) is 0 Å². The summed E-state index contributed by atoms with van der Waals surface area (Å²) in [6, 6.07) is 0. The van der Waals surface area contributed by atoms with Gasteiger partial charge in [-0.05, 0) is 6.42 Å². The Labute approximate surface area is 202 Å². The van der Waals surface area contributed by atoms with Gasteiger partial charge in [0.2, 0.25) is 0 Å². The molecule has 0 aliphatic carbocycles. The van der Waals surface area contributed by atoms with Gasteiger partial charge in [0.05, 0.1) is 72.7 Å². The number of hydrogen-bond donors (Lipinski definition) is 0. The Balaban J connectivity index is 2.98. The first-order chi connectivity index (χ1) is 15.9. The lowest BCUT2D eigenvalue weighted by atomic mass is 10.1. The van der Waals surface area contributed by atoms with Crippen molar-refractivity contribution < 1.29 is 28.4 Å². The van der Waals surface area contributed by atoms with Gasteiger partial charge in [-0.1, -0.05) is 71.1 Å². The average molecular weight is 483 g/mol. The van der Waals surface area contributed by atoms with Gasteiger partial charge in [0, 0.05) is 12.5 Å². The summed E-state index contributed by atoms with van der Waals surface area (Å²) in [4.78, 5) is 0. The average Bonchev–Trinajstić information content (AvgIpc) is 2.81. The van der Waals surface area contributed by atoms with Gasteiger partial charge >= 0.3 is 0 Å². The van der Waals surface area contributed by atoms with Crippen LogP contribution in [-0.4, -0.2) is 85.2 Å². The largest absolute Gasteiger partial charge is 0.379 e. The summed E-state index contributed by atoms with van der Waals surface area (Å²) in [6.07, 6.45) is 15.0. The number of alkyl halides is 1. The van der Waals surface area contributed by atoms with E-state index in [1.54, 1.807) is 0 Å². The zero-order chi connectivity index (χ0) is 23.2. The molecule has 0 heterocycles. The fourth-order valence-electron chi connectivity index (χ4n) is 3.12. The third-order valence-corrected chi connectivity index (χ3v) is 5.13. The molecule has 0 atom stereocenters. The highest BCUT2D eigenvalue weighted by molar-refractivity contribution is 6.17. The van der Waals surface area contributed by atoms with Crippen molar-refractivity contribution in [3.63, 3.8) is 0 Å². The highest BCUT2D eigenvalue weighted by Gasteiger charge is 1.95. The van der Waals surface area contributed by atoms with Crippen LogP contribution in [0.15, 0.2) is 0 Å². The van der Waals surface area contributed by atoms with Crippen molar-refractivity contribution in [3.8, 4) is 0 Å². The zero-order valence-corrected chi connectivity index (χ0v) is 21.6. The molecule has 0 saturated heterocycles. The monoisotopic (exact) mass is 482 g/mol. The maximum atomic E-state index is 5.62. The van der Waals surface area contributed by atoms with Crippen molar-refractivity contribution in [2.75, 3.05) is 85.2 Å². The van der Waals surface area contributed by atoms with Crippen LogP contribution in [0.25, 0.3) is 0 Å². The molecule has 0 amide bonds. The Morgan fingerprint density at radius 1 is 0.344 bits per heavy atom. The van der Waals surface area contributed by atoms with Crippen molar-refractivity contribution >= 4 is 11.6 Å². The fraction of sp³-hybridized carbons (Fsp3) is 1.00. The molecule has 6 nitrogen and oxygen atoms in total. The third kappa shape index (κ3) is 30.0. The van der Waals surface area contributed by atoms with E-state index in [0.717, 1.165) is 13.0 Å². The van der Waals surface area contributed by atoms with E-state index >= 15 is 0 Å². The van der Waals surface area contributed by atoms with Crippen LogP contribution < -0.4 is 0 Å². The number of ether oxygens (including phenoxy) is 6. The number of unbranched alkanes of at least 4 members (excludes halogenated alkanes) is 10. The van der Waals surface area contributed by atoms with E-state index in [0.29, 0.717) is 78.6 Å². The van der Waals surface area contributed by atoms with Crippen LogP contribution in [0.4, 0.5) is 0 Å². The minimum absolute atomic E-state index is 0.515. The van der Waals surface area contributed by atoms with Crippen molar-refractivity contribution in [1.29, 1.82) is 0 Å². The molecule has 0 aliphatic heterocycles. The molecule has 0 unspecified atom stereocenters. The lowest BCUT2D eigenvalue weighted by Crippen LogP contribution is -2.14. The fourth-order valence-corrected chi connectivity index (χ4v) is 3.23. The molecule has 0 N–H and O–H groups in total. The van der Waals surface area contributed by atoms with E-state index in [-0.39, 0.29) is 0 Å². The lowest BCUT2D eigenvalue weighted by molar-refractivity contribution is -0.0162. The molecule has 0 bridgehead atoms. The SMILES string of the molecule is CCCCCCCCCCCCCOCCOCCOCCOCCOCCOCCCl. The minimum atomic E-state index is 0.515. The Bertz CT molecular complexity index is 293. The Morgan fingerprint density at radius 2 is 0.625 bits per heavy atom. The number of hydrogen-bond acceptors (Lipinski definition) is 6. The van der Waals surface area contributed by atoms with Crippen LogP contribution in [0, 0.1) is 0 Å². The Kier molecular flexibility index (Phi) is 31.1. The van der Waals surface area contributed by atoms with E-state index in [2.05, 4.69) is 6.92 Å². The van der Waals surface area contributed by atoms with Gasteiger partial charge in [-0.25, -0.2) is 0 Å². The van der Waals surface area contributed by atoms with Crippen LogP contribution in [-0.2, 0) is 28.4 Å². The highest BCUT2D eigenvalue weighted by atomic mass is 35.5. The first kappa shape index (κ1) is 32.0. The Hall–Kier alpha value is 0.0500. The van der Waals surface area contributed by atoms with E-state index in [1.807, 2.05) is 0 Å². The highest BCUT2D eigenvalue weighted by Crippen LogP contribution is 2.11. The van der Waals surface area contributed by atoms with E-state index in [9.17, 15) is 0 Å². The topological polar surface area (TPSA) is 55.4 Å². The van der Waals surface area contributed by atoms with Gasteiger partial charge in [0.15, 0.2) is 0 Å². The van der Waals surface area contributed by atoms with Crippen molar-refractivity contribution in [1.82, 2.24) is 0 Å². The van der Waals surface area contributed by atoms with Gasteiger partial charge in [-0.2, -0.15) is 0 Å². The molecule has 32 heavy (non-hydrogen) atoms. The van der Waals surface area contributed by atoms with Crippen LogP contribution in [0.2, 0.25) is 0 Å². The summed E-state index contributed by atoms with van der Waals surface area (Å²) < 4.78 is 32.6. The molecule has 0 aliphatic rings. The normalized spacial score (nSPS) is 11.4. The first-order valence-corrected chi connectivity index (χ1v) is 13.5. The molecule has 194 valence electrons. The van der Waals surface area contributed by atoms with Crippen molar-refractivity contribution in [2.45, 2.75) is 77.6 Å². The molecular formula is C25H51ClO6. The second kappa shape index (κ2) is 31.0. The number of rotatable bonds is 29. The van der Waals surface area contributed by atoms with Crippen LogP contribution in [0.3, 0.4) is 0 Å². The zero-order valence-electron chi connectivity index (χ0n) is 20.8. The number of halogens is 1. The predicted octanol–water partition coefficient (Wildman–Crippen LogP) is 5.64. The predicted molar refractivity (Wildman–Crippen MR) is 132 cm³/mol. The maximum Gasteiger partial charge on any atom is 0.0701 e. The van der Waals surface area contributed by atoms with Gasteiger partial charge in [-0.3, -0.25) is 0 Å². The van der Waals surface area contributed by atoms with Crippen LogP contribution in [0.1, 0.15) is 77.6 Å². The standard InChI is InChI=1S/C25H51ClO6/c1-2-3-4-5-6-7-8-9-10-11-12-14-27-16-18-29-20-22-31-24-25-32-23-21-30-19-17-28-15-13-26/h2-25H2,1H3. The lowest BCUT2D eigenvalue weighted by Gasteiger charge is -2.08. The second-order valence-electron chi connectivity index (χ2n) is 7.90. The summed E-state index contributed by atoms with van der Waals surface area (Å²) in [7, 11) is 0. The van der Waals surface area contributed by atoms with Crippen molar-refractivity contribution in [2.24, 2.45) is 0 Å². The summed E-state index contributed by atoms with van der Waals surface area (Å²) in [5, 5.41) is 0. The van der Waals surface area contributed by atoms with Gasteiger partial charge in [0.25, 0.3) is 0 Å². The smallest absolute Gasteiger partial charge is 0.0701 e. The first-order valence-electron chi connectivity index (χ1n) is 12.9. The van der Waals surface area contributed by atoms with Gasteiger partial charge < -0.3 is 28.4 Å². The van der Waals surface area contributed by atoms with Crippen LogP contribution in [0.5, 0.6) is 0 Å². The van der Waals surface area contributed by atoms with Gasteiger partial charge in [-0.15, -0.1) is 11.6 Å². The minimum Gasteiger partial charge on any atom is -0.379 e. The maximum absolute atomic E-state index is 5.62. The van der Waals surface area contributed by atoms with E-state index < -0.39 is 0 Å². The van der Waals surface area contributed by atoms with E-state index in [4.69, 9.17) is 40.0 Å². The Morgan fingerprint density at radius 3 is 0.969 bits per heavy atom. The third-order valence-electron chi connectivity index (χ3n) is 4.97. The molecular weight excluding hydrogens is 432 g/mol. The van der Waals surface area contributed by atoms with Crippen molar-refractivity contribution in [3.05, 3.63) is 0 Å². The van der Waals surface area contributed by atoms with E-state index in [1.165, 1.54) is 64.2 Å². The summed E-state index contributed by atoms with van der Waals surface area (Å²) in [5.74, 6) is 0.515. The summed E-state index contributed by atoms with van der Waals surface area (Å²) in [6.45, 7) is 9.54. The molecule has 0 aromatic rings. The quantitative estimate of drug-likeness (QED) is 0.102. The molecule has 0 radical (unpaired) electrons.